The van der Waals surface area contributed by atoms with Crippen LogP contribution in [0, 0.1) is 0 Å². The first-order chi connectivity index (χ1) is 11.2. The van der Waals surface area contributed by atoms with Crippen LogP contribution in [0.4, 0.5) is 0 Å². The van der Waals surface area contributed by atoms with Gasteiger partial charge in [-0.15, -0.1) is 0 Å². The highest BCUT2D eigenvalue weighted by Crippen LogP contribution is 2.23. The quantitative estimate of drug-likeness (QED) is 0.745. The van der Waals surface area contributed by atoms with Crippen molar-refractivity contribution in [2.24, 2.45) is 0 Å². The number of carbonyl (C=O) groups is 1. The summed E-state index contributed by atoms with van der Waals surface area (Å²) in [6, 6.07) is 10.3. The van der Waals surface area contributed by atoms with E-state index in [-0.39, 0.29) is 17.4 Å². The molecule has 124 valence electrons. The maximum Gasteiger partial charge on any atom is 0.287 e. The van der Waals surface area contributed by atoms with E-state index in [4.69, 9.17) is 13.9 Å². The highest BCUT2D eigenvalue weighted by atomic mass is 32.2. The number of rotatable bonds is 8. The lowest BCUT2D eigenvalue weighted by atomic mass is 10.3. The third kappa shape index (κ3) is 4.67. The summed E-state index contributed by atoms with van der Waals surface area (Å²) in [5.74, 6) is 1.08. The third-order valence-electron chi connectivity index (χ3n) is 3.06. The molecule has 1 N–H and O–H groups in total. The van der Waals surface area contributed by atoms with Gasteiger partial charge in [0.15, 0.2) is 5.76 Å². The lowest BCUT2D eigenvalue weighted by Crippen LogP contribution is -2.26. The Bertz CT molecular complexity index is 683. The summed E-state index contributed by atoms with van der Waals surface area (Å²) >= 11 is 0. The van der Waals surface area contributed by atoms with Crippen molar-refractivity contribution in [2.45, 2.75) is 10.6 Å². The lowest BCUT2D eigenvalue weighted by Gasteiger charge is -2.06. The van der Waals surface area contributed by atoms with Gasteiger partial charge >= 0.3 is 0 Å². The molecular weight excluding hydrogens is 318 g/mol. The zero-order valence-corrected chi connectivity index (χ0v) is 13.9. The Labute approximate surface area is 137 Å². The Morgan fingerprint density at radius 3 is 2.74 bits per heavy atom. The third-order valence-corrected chi connectivity index (χ3v) is 4.44. The summed E-state index contributed by atoms with van der Waals surface area (Å²) in [6.45, 7) is 0.829. The standard InChI is InChI=1S/C16H19NO5S/c1-20-10-9-17-16(18)14-8-7-12(22-14)11-23(19)15-6-4-3-5-13(15)21-2/h3-8H,9-11H2,1-2H3,(H,17,18)/t23-/m1/s1. The molecule has 0 unspecified atom stereocenters. The van der Waals surface area contributed by atoms with Gasteiger partial charge in [-0.05, 0) is 24.3 Å². The van der Waals surface area contributed by atoms with Crippen LogP contribution < -0.4 is 10.1 Å². The molecule has 2 aromatic rings. The van der Waals surface area contributed by atoms with Crippen molar-refractivity contribution in [3.05, 3.63) is 47.9 Å². The molecule has 0 aliphatic rings. The van der Waals surface area contributed by atoms with Crippen molar-refractivity contribution >= 4 is 16.7 Å². The van der Waals surface area contributed by atoms with Gasteiger partial charge in [0, 0.05) is 13.7 Å². The van der Waals surface area contributed by atoms with Crippen molar-refractivity contribution in [1.82, 2.24) is 5.32 Å². The highest BCUT2D eigenvalue weighted by molar-refractivity contribution is 7.84. The second-order valence-electron chi connectivity index (χ2n) is 4.66. The Kier molecular flexibility index (Phi) is 6.37. The lowest BCUT2D eigenvalue weighted by molar-refractivity contribution is 0.0908. The minimum Gasteiger partial charge on any atom is -0.495 e. The summed E-state index contributed by atoms with van der Waals surface area (Å²) in [4.78, 5) is 12.4. The highest BCUT2D eigenvalue weighted by Gasteiger charge is 2.15. The fraction of sp³-hybridized carbons (Fsp3) is 0.312. The zero-order valence-electron chi connectivity index (χ0n) is 13.0. The number of hydrogen-bond donors (Lipinski definition) is 1. The second kappa shape index (κ2) is 8.50. The van der Waals surface area contributed by atoms with E-state index in [1.54, 1.807) is 37.4 Å². The Morgan fingerprint density at radius 2 is 2.00 bits per heavy atom. The van der Waals surface area contributed by atoms with Gasteiger partial charge < -0.3 is 19.2 Å². The van der Waals surface area contributed by atoms with Crippen LogP contribution in [0.1, 0.15) is 16.3 Å². The van der Waals surface area contributed by atoms with Crippen molar-refractivity contribution < 1.29 is 22.9 Å². The molecule has 0 bridgehead atoms. The van der Waals surface area contributed by atoms with Crippen LogP contribution in [0.5, 0.6) is 5.75 Å². The normalized spacial score (nSPS) is 11.9. The first kappa shape index (κ1) is 17.2. The van der Waals surface area contributed by atoms with Crippen molar-refractivity contribution in [1.29, 1.82) is 0 Å². The molecule has 1 aromatic heterocycles. The zero-order chi connectivity index (χ0) is 16.7. The molecule has 0 aliphatic carbocycles. The van der Waals surface area contributed by atoms with E-state index in [0.717, 1.165) is 0 Å². The number of hydrogen-bond acceptors (Lipinski definition) is 5. The van der Waals surface area contributed by atoms with Crippen molar-refractivity contribution in [2.75, 3.05) is 27.4 Å². The first-order valence-corrected chi connectivity index (χ1v) is 8.35. The van der Waals surface area contributed by atoms with Crippen molar-refractivity contribution in [3.8, 4) is 5.75 Å². The maximum absolute atomic E-state index is 12.4. The summed E-state index contributed by atoms with van der Waals surface area (Å²) in [7, 11) is 1.77. The molecule has 0 radical (unpaired) electrons. The molecule has 1 amide bonds. The molecule has 7 heteroatoms. The van der Waals surface area contributed by atoms with E-state index >= 15 is 0 Å². The first-order valence-electron chi connectivity index (χ1n) is 7.03. The molecular formula is C16H19NO5S. The van der Waals surface area contributed by atoms with Crippen LogP contribution in [-0.2, 0) is 21.3 Å². The predicted molar refractivity (Wildman–Crippen MR) is 86.0 cm³/mol. The number of benzene rings is 1. The van der Waals surface area contributed by atoms with Crippen LogP contribution in [0.15, 0.2) is 45.7 Å². The van der Waals surface area contributed by atoms with Gasteiger partial charge in [0.2, 0.25) is 0 Å². The van der Waals surface area contributed by atoms with Crippen molar-refractivity contribution in [3.63, 3.8) is 0 Å². The van der Waals surface area contributed by atoms with E-state index in [0.29, 0.717) is 29.6 Å². The molecule has 0 saturated carbocycles. The largest absolute Gasteiger partial charge is 0.495 e. The number of ether oxygens (including phenoxy) is 2. The number of methoxy groups -OCH3 is 2. The molecule has 0 spiro atoms. The van der Waals surface area contributed by atoms with E-state index in [1.165, 1.54) is 7.11 Å². The van der Waals surface area contributed by atoms with Gasteiger partial charge in [0.1, 0.15) is 11.5 Å². The van der Waals surface area contributed by atoms with E-state index in [9.17, 15) is 9.00 Å². The van der Waals surface area contributed by atoms with Crippen LogP contribution in [-0.4, -0.2) is 37.5 Å². The smallest absolute Gasteiger partial charge is 0.287 e. The van der Waals surface area contributed by atoms with Gasteiger partial charge in [-0.2, -0.15) is 0 Å². The van der Waals surface area contributed by atoms with E-state index in [2.05, 4.69) is 5.32 Å². The van der Waals surface area contributed by atoms with Crippen LogP contribution >= 0.6 is 0 Å². The van der Waals surface area contributed by atoms with Crippen LogP contribution in [0.25, 0.3) is 0 Å². The van der Waals surface area contributed by atoms with E-state index < -0.39 is 10.8 Å². The summed E-state index contributed by atoms with van der Waals surface area (Å²) in [5.41, 5.74) is 0. The molecule has 2 rings (SSSR count). The molecule has 0 fully saturated rings. The molecule has 0 aliphatic heterocycles. The molecule has 0 saturated heterocycles. The Hall–Kier alpha value is -2.12. The summed E-state index contributed by atoms with van der Waals surface area (Å²) in [5, 5.41) is 2.66. The van der Waals surface area contributed by atoms with Gasteiger partial charge in [-0.3, -0.25) is 9.00 Å². The van der Waals surface area contributed by atoms with Gasteiger partial charge in [0.25, 0.3) is 5.91 Å². The topological polar surface area (TPSA) is 77.8 Å². The van der Waals surface area contributed by atoms with Crippen LogP contribution in [0.3, 0.4) is 0 Å². The number of carbonyl (C=O) groups excluding carboxylic acids is 1. The predicted octanol–water partition coefficient (Wildman–Crippen LogP) is 1.97. The Morgan fingerprint density at radius 1 is 1.22 bits per heavy atom. The monoisotopic (exact) mass is 337 g/mol. The number of para-hydroxylation sites is 1. The van der Waals surface area contributed by atoms with Gasteiger partial charge in [0.05, 0.1) is 35.2 Å². The van der Waals surface area contributed by atoms with E-state index in [1.807, 2.05) is 6.07 Å². The molecule has 1 aromatic carbocycles. The molecule has 23 heavy (non-hydrogen) atoms. The summed E-state index contributed by atoms with van der Waals surface area (Å²) < 4.78 is 28.0. The fourth-order valence-corrected chi connectivity index (χ4v) is 3.12. The molecule has 1 heterocycles. The van der Waals surface area contributed by atoms with Gasteiger partial charge in [-0.25, -0.2) is 0 Å². The molecule has 6 nitrogen and oxygen atoms in total. The number of nitrogens with one attached hydrogen (secondary N) is 1. The summed E-state index contributed by atoms with van der Waals surface area (Å²) in [6.07, 6.45) is 0. The molecule has 1 atom stereocenters. The number of amides is 1. The van der Waals surface area contributed by atoms with Gasteiger partial charge in [-0.1, -0.05) is 12.1 Å². The SMILES string of the molecule is COCCNC(=O)c1ccc(C[S@@](=O)c2ccccc2OC)o1. The average molecular weight is 337 g/mol. The average Bonchev–Trinajstić information content (AvgIpc) is 3.03. The minimum absolute atomic E-state index is 0.172. The second-order valence-corrected chi connectivity index (χ2v) is 6.07. The Balaban J connectivity index is 2.01. The fourth-order valence-electron chi connectivity index (χ4n) is 1.95. The maximum atomic E-state index is 12.4. The number of furan rings is 1. The minimum atomic E-state index is -1.32. The van der Waals surface area contributed by atoms with Crippen LogP contribution in [0.2, 0.25) is 0 Å².